The molecule has 6 nitrogen and oxygen atoms in total. The number of aromatic nitrogens is 2. The maximum Gasteiger partial charge on any atom is 0.263 e. The van der Waals surface area contributed by atoms with Crippen LogP contribution in [0.15, 0.2) is 54.7 Å². The van der Waals surface area contributed by atoms with Gasteiger partial charge in [-0.05, 0) is 44.9 Å². The Kier molecular flexibility index (Phi) is 6.75. The number of ether oxygens (including phenoxy) is 2. The first kappa shape index (κ1) is 21.9. The minimum atomic E-state index is -0.0739. The molecule has 0 bridgehead atoms. The van der Waals surface area contributed by atoms with Crippen LogP contribution in [0.2, 0.25) is 0 Å². The van der Waals surface area contributed by atoms with Crippen LogP contribution < -0.4 is 14.8 Å². The molecule has 2 heterocycles. The van der Waals surface area contributed by atoms with Gasteiger partial charge in [0.05, 0.1) is 18.9 Å². The molecule has 1 N–H and O–H groups in total. The van der Waals surface area contributed by atoms with Crippen molar-refractivity contribution in [2.75, 3.05) is 19.8 Å². The lowest BCUT2D eigenvalue weighted by molar-refractivity contribution is 0.0957. The number of imidazole rings is 1. The average molecular weight is 450 g/mol. The molecule has 0 aliphatic rings. The van der Waals surface area contributed by atoms with Crippen molar-refractivity contribution in [3.63, 3.8) is 0 Å². The fourth-order valence-electron chi connectivity index (χ4n) is 3.56. The third-order valence-corrected chi connectivity index (χ3v) is 6.30. The highest BCUT2D eigenvalue weighted by Gasteiger charge is 2.18. The van der Waals surface area contributed by atoms with E-state index in [1.165, 1.54) is 11.3 Å². The van der Waals surface area contributed by atoms with Gasteiger partial charge in [-0.15, -0.1) is 0 Å². The fourth-order valence-corrected chi connectivity index (χ4v) is 4.59. The normalized spacial score (nSPS) is 11.0. The predicted molar refractivity (Wildman–Crippen MR) is 128 cm³/mol. The molecule has 0 atom stereocenters. The molecule has 0 aliphatic carbocycles. The number of nitrogens with one attached hydrogen (secondary N) is 1. The number of thiazole rings is 1. The second-order valence-corrected chi connectivity index (χ2v) is 8.29. The van der Waals surface area contributed by atoms with Crippen LogP contribution in [0, 0.1) is 6.92 Å². The Morgan fingerprint density at radius 1 is 1.06 bits per heavy atom. The lowest BCUT2D eigenvalue weighted by atomic mass is 10.1. The summed E-state index contributed by atoms with van der Waals surface area (Å²) in [5.41, 5.74) is 3.96. The molecule has 0 spiro atoms. The van der Waals surface area contributed by atoms with Gasteiger partial charge in [0, 0.05) is 24.0 Å². The van der Waals surface area contributed by atoms with Crippen molar-refractivity contribution in [1.29, 1.82) is 0 Å². The van der Waals surface area contributed by atoms with Gasteiger partial charge in [-0.25, -0.2) is 4.98 Å². The van der Waals surface area contributed by atoms with Crippen molar-refractivity contribution in [1.82, 2.24) is 14.7 Å². The van der Waals surface area contributed by atoms with E-state index in [0.717, 1.165) is 39.0 Å². The second kappa shape index (κ2) is 9.87. The van der Waals surface area contributed by atoms with Gasteiger partial charge in [0.25, 0.3) is 5.91 Å². The summed E-state index contributed by atoms with van der Waals surface area (Å²) in [7, 11) is 0. The van der Waals surface area contributed by atoms with E-state index >= 15 is 0 Å². The SMILES string of the molecule is CCOc1ccc(CCNC(=O)c2sc3nc(-c4ccccc4)cn3c2C)cc1OCC. The topological polar surface area (TPSA) is 64.9 Å². The van der Waals surface area contributed by atoms with Crippen molar-refractivity contribution in [3.05, 3.63) is 70.9 Å². The van der Waals surface area contributed by atoms with Crippen molar-refractivity contribution in [3.8, 4) is 22.8 Å². The van der Waals surface area contributed by atoms with E-state index < -0.39 is 0 Å². The van der Waals surface area contributed by atoms with Crippen LogP contribution in [0.3, 0.4) is 0 Å². The lowest BCUT2D eigenvalue weighted by Crippen LogP contribution is -2.25. The summed E-state index contributed by atoms with van der Waals surface area (Å²) in [4.78, 5) is 19.0. The summed E-state index contributed by atoms with van der Waals surface area (Å²) < 4.78 is 13.3. The van der Waals surface area contributed by atoms with E-state index in [-0.39, 0.29) is 5.91 Å². The zero-order valence-corrected chi connectivity index (χ0v) is 19.4. The number of hydrogen-bond donors (Lipinski definition) is 1. The monoisotopic (exact) mass is 449 g/mol. The Bertz CT molecular complexity index is 1210. The van der Waals surface area contributed by atoms with Gasteiger partial charge in [0.15, 0.2) is 16.5 Å². The first-order chi connectivity index (χ1) is 15.6. The number of amides is 1. The van der Waals surface area contributed by atoms with Crippen LogP contribution in [0.25, 0.3) is 16.2 Å². The first-order valence-corrected chi connectivity index (χ1v) is 11.6. The molecular formula is C25H27N3O3S. The minimum Gasteiger partial charge on any atom is -0.490 e. The molecule has 0 saturated heterocycles. The number of aryl methyl sites for hydroxylation is 1. The Morgan fingerprint density at radius 3 is 2.53 bits per heavy atom. The highest BCUT2D eigenvalue weighted by Crippen LogP contribution is 2.29. The Labute approximate surface area is 191 Å². The van der Waals surface area contributed by atoms with Crippen LogP contribution >= 0.6 is 11.3 Å². The quantitative estimate of drug-likeness (QED) is 0.384. The number of benzene rings is 2. The van der Waals surface area contributed by atoms with E-state index in [1.54, 1.807) is 0 Å². The molecule has 1 amide bonds. The molecule has 0 unspecified atom stereocenters. The van der Waals surface area contributed by atoms with Crippen molar-refractivity contribution >= 4 is 22.2 Å². The molecule has 0 saturated carbocycles. The maximum absolute atomic E-state index is 12.8. The lowest BCUT2D eigenvalue weighted by Gasteiger charge is -2.12. The van der Waals surface area contributed by atoms with Gasteiger partial charge >= 0.3 is 0 Å². The molecule has 2 aromatic heterocycles. The fraction of sp³-hybridized carbons (Fsp3) is 0.280. The molecule has 2 aromatic carbocycles. The third-order valence-electron chi connectivity index (χ3n) is 5.14. The zero-order valence-electron chi connectivity index (χ0n) is 18.6. The van der Waals surface area contributed by atoms with E-state index in [9.17, 15) is 4.79 Å². The molecule has 0 aliphatic heterocycles. The summed E-state index contributed by atoms with van der Waals surface area (Å²) in [5.74, 6) is 1.41. The molecule has 166 valence electrons. The summed E-state index contributed by atoms with van der Waals surface area (Å²) in [6.07, 6.45) is 2.69. The van der Waals surface area contributed by atoms with E-state index in [0.29, 0.717) is 31.1 Å². The van der Waals surface area contributed by atoms with E-state index in [2.05, 4.69) is 5.32 Å². The van der Waals surface area contributed by atoms with Gasteiger partial charge in [-0.3, -0.25) is 9.20 Å². The largest absolute Gasteiger partial charge is 0.490 e. The Morgan fingerprint density at radius 2 is 1.81 bits per heavy atom. The third kappa shape index (κ3) is 4.62. The number of hydrogen-bond acceptors (Lipinski definition) is 5. The molecule has 32 heavy (non-hydrogen) atoms. The summed E-state index contributed by atoms with van der Waals surface area (Å²) in [6, 6.07) is 16.0. The smallest absolute Gasteiger partial charge is 0.263 e. The van der Waals surface area contributed by atoms with Crippen LogP contribution in [0.1, 0.15) is 34.8 Å². The number of rotatable bonds is 9. The van der Waals surface area contributed by atoms with Crippen LogP contribution in [-0.2, 0) is 6.42 Å². The highest BCUT2D eigenvalue weighted by atomic mass is 32.1. The maximum atomic E-state index is 12.8. The van der Waals surface area contributed by atoms with Crippen molar-refractivity contribution in [2.24, 2.45) is 0 Å². The highest BCUT2D eigenvalue weighted by molar-refractivity contribution is 7.19. The minimum absolute atomic E-state index is 0.0739. The van der Waals surface area contributed by atoms with Gasteiger partial charge in [-0.2, -0.15) is 0 Å². The summed E-state index contributed by atoms with van der Waals surface area (Å²) in [6.45, 7) is 7.55. The number of carbonyl (C=O) groups excluding carboxylic acids is 1. The van der Waals surface area contributed by atoms with Crippen molar-refractivity contribution in [2.45, 2.75) is 27.2 Å². The number of carbonyl (C=O) groups is 1. The van der Waals surface area contributed by atoms with Gasteiger partial charge in [-0.1, -0.05) is 47.7 Å². The standard InChI is InChI=1S/C25H27N3O3S/c1-4-30-21-12-11-18(15-22(21)31-5-2)13-14-26-24(29)23-17(3)28-16-20(27-25(28)32-23)19-9-7-6-8-10-19/h6-12,15-16H,4-5,13-14H2,1-3H3,(H,26,29). The first-order valence-electron chi connectivity index (χ1n) is 10.8. The van der Waals surface area contributed by atoms with E-state index in [1.807, 2.05) is 79.9 Å². The van der Waals surface area contributed by atoms with Crippen molar-refractivity contribution < 1.29 is 14.3 Å². The number of nitrogens with zero attached hydrogens (tertiary/aromatic N) is 2. The Hall–Kier alpha value is -3.32. The van der Waals surface area contributed by atoms with Gasteiger partial charge in [0.1, 0.15) is 4.88 Å². The summed E-state index contributed by atoms with van der Waals surface area (Å²) in [5, 5.41) is 3.03. The molecule has 4 aromatic rings. The predicted octanol–water partition coefficient (Wildman–Crippen LogP) is 5.14. The summed E-state index contributed by atoms with van der Waals surface area (Å²) >= 11 is 1.41. The molecule has 0 radical (unpaired) electrons. The van der Waals surface area contributed by atoms with Crippen LogP contribution in [0.4, 0.5) is 0 Å². The van der Waals surface area contributed by atoms with Crippen LogP contribution in [0.5, 0.6) is 11.5 Å². The number of fused-ring (bicyclic) bond motifs is 1. The van der Waals surface area contributed by atoms with Crippen LogP contribution in [-0.4, -0.2) is 35.1 Å². The van der Waals surface area contributed by atoms with E-state index in [4.69, 9.17) is 14.5 Å². The zero-order chi connectivity index (χ0) is 22.5. The van der Waals surface area contributed by atoms with Gasteiger partial charge in [0.2, 0.25) is 0 Å². The van der Waals surface area contributed by atoms with Gasteiger partial charge < -0.3 is 14.8 Å². The molecule has 7 heteroatoms. The molecular weight excluding hydrogens is 422 g/mol. The molecule has 0 fully saturated rings. The molecule has 4 rings (SSSR count). The second-order valence-electron chi connectivity index (χ2n) is 7.31. The Balaban J connectivity index is 1.41. The average Bonchev–Trinajstić information content (AvgIpc) is 3.36.